The molecule has 3 rings (SSSR count). The summed E-state index contributed by atoms with van der Waals surface area (Å²) in [4.78, 5) is 19.5. The van der Waals surface area contributed by atoms with E-state index in [0.29, 0.717) is 18.6 Å². The van der Waals surface area contributed by atoms with E-state index in [0.717, 1.165) is 52.4 Å². The Labute approximate surface area is 152 Å². The molecule has 3 heterocycles. The van der Waals surface area contributed by atoms with Crippen LogP contribution in [0.3, 0.4) is 0 Å². The number of hydrogen-bond donors (Lipinski definition) is 1. The highest BCUT2D eigenvalue weighted by Gasteiger charge is 2.34. The van der Waals surface area contributed by atoms with Crippen LogP contribution in [0.4, 0.5) is 0 Å². The lowest BCUT2D eigenvalue weighted by molar-refractivity contribution is -0.141. The number of nitrogens with one attached hydrogen (secondary N) is 1. The molecule has 0 bridgehead atoms. The lowest BCUT2D eigenvalue weighted by Crippen LogP contribution is -2.56. The van der Waals surface area contributed by atoms with Gasteiger partial charge in [-0.3, -0.25) is 9.69 Å². The maximum absolute atomic E-state index is 12.6. The molecule has 3 aliphatic heterocycles. The van der Waals surface area contributed by atoms with Gasteiger partial charge in [0.25, 0.3) is 0 Å². The lowest BCUT2D eigenvalue weighted by Gasteiger charge is -2.41. The van der Waals surface area contributed by atoms with Gasteiger partial charge in [-0.1, -0.05) is 6.92 Å². The van der Waals surface area contributed by atoms with E-state index in [1.165, 1.54) is 13.0 Å². The van der Waals surface area contributed by atoms with Crippen LogP contribution in [-0.4, -0.2) is 98.8 Å². The molecule has 1 N–H and O–H groups in total. The van der Waals surface area contributed by atoms with Gasteiger partial charge in [-0.05, 0) is 25.3 Å². The Morgan fingerprint density at radius 1 is 1.17 bits per heavy atom. The van der Waals surface area contributed by atoms with Crippen LogP contribution in [-0.2, 0) is 9.53 Å². The molecule has 3 aliphatic rings. The van der Waals surface area contributed by atoms with Crippen molar-refractivity contribution in [2.75, 3.05) is 72.1 Å². The zero-order valence-electron chi connectivity index (χ0n) is 15.1. The Morgan fingerprint density at radius 3 is 2.42 bits per heavy atom. The van der Waals surface area contributed by atoms with Gasteiger partial charge in [0, 0.05) is 52.4 Å². The van der Waals surface area contributed by atoms with E-state index in [9.17, 15) is 4.79 Å². The van der Waals surface area contributed by atoms with Crippen LogP contribution in [0.25, 0.3) is 0 Å². The normalized spacial score (nSPS) is 30.8. The Hall–Kier alpha value is -0.400. The van der Waals surface area contributed by atoms with Crippen molar-refractivity contribution < 1.29 is 9.53 Å². The van der Waals surface area contributed by atoms with Gasteiger partial charge >= 0.3 is 0 Å². The molecule has 0 aromatic rings. The SMILES string of the molecule is CC(C(=O)N1CCOCC1)N1CCN(CC2(C)CCNC2)CC1.Cl. The van der Waals surface area contributed by atoms with Crippen LogP contribution in [0.5, 0.6) is 0 Å². The third-order valence-corrected chi connectivity index (χ3v) is 5.70. The maximum atomic E-state index is 12.6. The Morgan fingerprint density at radius 2 is 1.83 bits per heavy atom. The van der Waals surface area contributed by atoms with Crippen molar-refractivity contribution >= 4 is 18.3 Å². The van der Waals surface area contributed by atoms with Crippen molar-refractivity contribution in [3.05, 3.63) is 0 Å². The largest absolute Gasteiger partial charge is 0.378 e. The third kappa shape index (κ3) is 4.82. The monoisotopic (exact) mass is 360 g/mol. The number of piperazine rings is 1. The van der Waals surface area contributed by atoms with Crippen LogP contribution in [0.15, 0.2) is 0 Å². The number of amides is 1. The molecule has 24 heavy (non-hydrogen) atoms. The molecule has 7 heteroatoms. The van der Waals surface area contributed by atoms with Crippen LogP contribution in [0, 0.1) is 5.41 Å². The van der Waals surface area contributed by atoms with Crippen molar-refractivity contribution in [3.63, 3.8) is 0 Å². The van der Waals surface area contributed by atoms with Gasteiger partial charge in [0.05, 0.1) is 19.3 Å². The molecular weight excluding hydrogens is 328 g/mol. The van der Waals surface area contributed by atoms with Gasteiger partial charge in [-0.15, -0.1) is 12.4 Å². The predicted octanol–water partition coefficient (Wildman–Crippen LogP) is 0.273. The Balaban J connectivity index is 0.00000208. The molecule has 0 spiro atoms. The molecule has 1 amide bonds. The van der Waals surface area contributed by atoms with Crippen molar-refractivity contribution in [2.24, 2.45) is 5.41 Å². The van der Waals surface area contributed by atoms with E-state index in [1.807, 2.05) is 4.90 Å². The summed E-state index contributed by atoms with van der Waals surface area (Å²) in [5.41, 5.74) is 0.428. The highest BCUT2D eigenvalue weighted by molar-refractivity contribution is 5.85. The summed E-state index contributed by atoms with van der Waals surface area (Å²) >= 11 is 0. The van der Waals surface area contributed by atoms with Gasteiger partial charge in [-0.2, -0.15) is 0 Å². The number of carbonyl (C=O) groups is 1. The summed E-state index contributed by atoms with van der Waals surface area (Å²) in [6.45, 7) is 14.9. The summed E-state index contributed by atoms with van der Waals surface area (Å²) in [5.74, 6) is 0.272. The number of ether oxygens (including phenoxy) is 1. The molecule has 0 saturated carbocycles. The smallest absolute Gasteiger partial charge is 0.239 e. The van der Waals surface area contributed by atoms with Crippen LogP contribution in [0.1, 0.15) is 20.3 Å². The zero-order chi connectivity index (χ0) is 16.3. The predicted molar refractivity (Wildman–Crippen MR) is 97.7 cm³/mol. The van der Waals surface area contributed by atoms with E-state index < -0.39 is 0 Å². The second-order valence-electron chi connectivity index (χ2n) is 7.66. The molecular formula is C17H33ClN4O2. The first-order valence-electron chi connectivity index (χ1n) is 9.11. The molecule has 0 radical (unpaired) electrons. The highest BCUT2D eigenvalue weighted by Crippen LogP contribution is 2.26. The summed E-state index contributed by atoms with van der Waals surface area (Å²) < 4.78 is 5.34. The minimum absolute atomic E-state index is 0. The quantitative estimate of drug-likeness (QED) is 0.780. The first-order valence-corrected chi connectivity index (χ1v) is 9.11. The van der Waals surface area contributed by atoms with E-state index >= 15 is 0 Å². The van der Waals surface area contributed by atoms with E-state index in [-0.39, 0.29) is 24.4 Å². The first kappa shape index (κ1) is 19.9. The second-order valence-corrected chi connectivity index (χ2v) is 7.66. The average molecular weight is 361 g/mol. The minimum atomic E-state index is -0.000941. The first-order chi connectivity index (χ1) is 11.1. The minimum Gasteiger partial charge on any atom is -0.378 e. The molecule has 2 atom stereocenters. The molecule has 6 nitrogen and oxygen atoms in total. The van der Waals surface area contributed by atoms with Crippen LogP contribution >= 0.6 is 12.4 Å². The van der Waals surface area contributed by atoms with Crippen LogP contribution < -0.4 is 5.32 Å². The molecule has 0 aromatic heterocycles. The van der Waals surface area contributed by atoms with E-state index in [1.54, 1.807) is 0 Å². The molecule has 0 aliphatic carbocycles. The van der Waals surface area contributed by atoms with Gasteiger partial charge in [-0.25, -0.2) is 0 Å². The number of nitrogens with zero attached hydrogens (tertiary/aromatic N) is 3. The number of carbonyl (C=O) groups excluding carboxylic acids is 1. The number of hydrogen-bond acceptors (Lipinski definition) is 5. The van der Waals surface area contributed by atoms with E-state index in [4.69, 9.17) is 4.74 Å². The fraction of sp³-hybridized carbons (Fsp3) is 0.941. The second kappa shape index (κ2) is 8.81. The zero-order valence-corrected chi connectivity index (χ0v) is 15.9. The Kier molecular flexibility index (Phi) is 7.31. The van der Waals surface area contributed by atoms with Crippen molar-refractivity contribution in [2.45, 2.75) is 26.3 Å². The number of halogens is 1. The van der Waals surface area contributed by atoms with Crippen molar-refractivity contribution in [1.29, 1.82) is 0 Å². The Bertz CT molecular complexity index is 403. The number of morpholine rings is 1. The summed E-state index contributed by atoms with van der Waals surface area (Å²) in [5, 5.41) is 3.48. The van der Waals surface area contributed by atoms with Gasteiger partial charge < -0.3 is 19.9 Å². The van der Waals surface area contributed by atoms with Gasteiger partial charge in [0.2, 0.25) is 5.91 Å². The van der Waals surface area contributed by atoms with Crippen molar-refractivity contribution in [1.82, 2.24) is 20.0 Å². The fourth-order valence-corrected chi connectivity index (χ4v) is 4.06. The van der Waals surface area contributed by atoms with Gasteiger partial charge in [0.15, 0.2) is 0 Å². The third-order valence-electron chi connectivity index (χ3n) is 5.70. The van der Waals surface area contributed by atoms with Crippen molar-refractivity contribution in [3.8, 4) is 0 Å². The summed E-state index contributed by atoms with van der Waals surface area (Å²) in [6, 6.07) is -0.000941. The topological polar surface area (TPSA) is 48.1 Å². The lowest BCUT2D eigenvalue weighted by atomic mass is 9.89. The summed E-state index contributed by atoms with van der Waals surface area (Å²) in [6.07, 6.45) is 1.28. The number of rotatable bonds is 4. The molecule has 3 saturated heterocycles. The van der Waals surface area contributed by atoms with Crippen LogP contribution in [0.2, 0.25) is 0 Å². The molecule has 3 fully saturated rings. The van der Waals surface area contributed by atoms with Gasteiger partial charge in [0.1, 0.15) is 0 Å². The fourth-order valence-electron chi connectivity index (χ4n) is 4.06. The highest BCUT2D eigenvalue weighted by atomic mass is 35.5. The maximum Gasteiger partial charge on any atom is 0.239 e. The molecule has 2 unspecified atom stereocenters. The standard InChI is InChI=1S/C17H32N4O2.ClH/c1-15(16(22)21-9-11-23-12-10-21)20-7-5-19(6-8-20)14-17(2)3-4-18-13-17;/h15,18H,3-14H2,1-2H3;1H. The summed E-state index contributed by atoms with van der Waals surface area (Å²) in [7, 11) is 0. The average Bonchev–Trinajstić information content (AvgIpc) is 3.01. The molecule has 140 valence electrons. The molecule has 0 aromatic carbocycles. The van der Waals surface area contributed by atoms with E-state index in [2.05, 4.69) is 29.0 Å².